The molecule has 2 atom stereocenters. The van der Waals surface area contributed by atoms with E-state index in [1.807, 2.05) is 59.8 Å². The number of carbonyl (C=O) groups excluding carboxylic acids is 1. The molecule has 2 aromatic carbocycles. The molecule has 2 aromatic rings. The third-order valence-electron chi connectivity index (χ3n) is 4.90. The molecule has 1 fully saturated rings. The summed E-state index contributed by atoms with van der Waals surface area (Å²) in [6, 6.07) is 15.9. The summed E-state index contributed by atoms with van der Waals surface area (Å²) in [6.45, 7) is 6.93. The number of nitrogens with zero attached hydrogens (tertiary/aromatic N) is 1. The first-order valence-electron chi connectivity index (χ1n) is 10.2. The largest absolute Gasteiger partial charge is 0.278 e. The number of halogens is 2. The smallest absolute Gasteiger partial charge is 0.256 e. The van der Waals surface area contributed by atoms with Crippen LogP contribution in [0.4, 0.5) is 0 Å². The van der Waals surface area contributed by atoms with Crippen molar-refractivity contribution in [3.63, 3.8) is 0 Å². The van der Waals surface area contributed by atoms with E-state index < -0.39 is 0 Å². The number of hydrogen-bond acceptors (Lipinski definition) is 2. The fourth-order valence-corrected chi connectivity index (χ4v) is 4.61. The van der Waals surface area contributed by atoms with Crippen molar-refractivity contribution in [2.75, 3.05) is 6.54 Å². The average molecular weight is 460 g/mol. The lowest BCUT2D eigenvalue weighted by atomic mass is 10.1. The van der Waals surface area contributed by atoms with Gasteiger partial charge in [0.1, 0.15) is 0 Å². The van der Waals surface area contributed by atoms with Gasteiger partial charge in [-0.15, -0.1) is 0 Å². The Hall–Kier alpha value is -1.68. The van der Waals surface area contributed by atoms with Gasteiger partial charge in [0.2, 0.25) is 0 Å². The SMILES string of the molecule is CC(C=CC1CC1c1ccc(Cl)c(Cl)c1)=CC(=O)N(CC(C)C)Sc1ccccc1. The summed E-state index contributed by atoms with van der Waals surface area (Å²) >= 11 is 13.6. The van der Waals surface area contributed by atoms with Crippen molar-refractivity contribution in [3.05, 3.63) is 87.9 Å². The van der Waals surface area contributed by atoms with E-state index in [0.717, 1.165) is 16.9 Å². The summed E-state index contributed by atoms with van der Waals surface area (Å²) in [5.41, 5.74) is 2.18. The highest BCUT2D eigenvalue weighted by Gasteiger charge is 2.36. The number of amides is 1. The average Bonchev–Trinajstić information content (AvgIpc) is 3.48. The van der Waals surface area contributed by atoms with Crippen molar-refractivity contribution in [2.45, 2.75) is 38.0 Å². The normalized spacial score (nSPS) is 18.8. The Labute approximate surface area is 194 Å². The Bertz CT molecular complexity index is 939. The van der Waals surface area contributed by atoms with E-state index in [9.17, 15) is 4.79 Å². The van der Waals surface area contributed by atoms with Gasteiger partial charge in [-0.05, 0) is 78.4 Å². The van der Waals surface area contributed by atoms with Gasteiger partial charge >= 0.3 is 0 Å². The quantitative estimate of drug-likeness (QED) is 0.228. The van der Waals surface area contributed by atoms with Crippen LogP contribution >= 0.6 is 35.1 Å². The predicted octanol–water partition coefficient (Wildman–Crippen LogP) is 7.79. The summed E-state index contributed by atoms with van der Waals surface area (Å²) < 4.78 is 1.84. The maximum atomic E-state index is 12.9. The molecule has 2 unspecified atom stereocenters. The first-order valence-corrected chi connectivity index (χ1v) is 11.7. The number of hydrogen-bond donors (Lipinski definition) is 0. The molecule has 3 rings (SSSR count). The van der Waals surface area contributed by atoms with Gasteiger partial charge in [0, 0.05) is 17.5 Å². The zero-order chi connectivity index (χ0) is 21.7. The highest BCUT2D eigenvalue weighted by Crippen LogP contribution is 2.49. The van der Waals surface area contributed by atoms with E-state index >= 15 is 0 Å². The summed E-state index contributed by atoms with van der Waals surface area (Å²) in [5.74, 6) is 1.38. The van der Waals surface area contributed by atoms with E-state index in [1.54, 1.807) is 6.08 Å². The Kier molecular flexibility index (Phi) is 8.10. The second kappa shape index (κ2) is 10.6. The lowest BCUT2D eigenvalue weighted by Gasteiger charge is -2.22. The lowest BCUT2D eigenvalue weighted by molar-refractivity contribution is -0.121. The fraction of sp³-hybridized carbons (Fsp3) is 0.320. The van der Waals surface area contributed by atoms with E-state index in [1.165, 1.54) is 17.5 Å². The molecule has 0 radical (unpaired) electrons. The molecule has 0 aromatic heterocycles. The minimum Gasteiger partial charge on any atom is -0.278 e. The zero-order valence-electron chi connectivity index (χ0n) is 17.5. The molecule has 1 aliphatic rings. The number of allylic oxidation sites excluding steroid dienone is 3. The Morgan fingerprint density at radius 2 is 1.90 bits per heavy atom. The van der Waals surface area contributed by atoms with Crippen LogP contribution in [0.5, 0.6) is 0 Å². The van der Waals surface area contributed by atoms with Crippen LogP contribution in [0.15, 0.2) is 77.2 Å². The van der Waals surface area contributed by atoms with Crippen LogP contribution in [0.3, 0.4) is 0 Å². The van der Waals surface area contributed by atoms with E-state index in [2.05, 4.69) is 26.0 Å². The molecular formula is C25H27Cl2NOS. The summed E-state index contributed by atoms with van der Waals surface area (Å²) in [5, 5.41) is 1.19. The van der Waals surface area contributed by atoms with Crippen molar-refractivity contribution < 1.29 is 4.79 Å². The molecule has 1 amide bonds. The Morgan fingerprint density at radius 3 is 2.57 bits per heavy atom. The molecule has 5 heteroatoms. The van der Waals surface area contributed by atoms with Gasteiger partial charge in [-0.3, -0.25) is 9.10 Å². The van der Waals surface area contributed by atoms with Crippen LogP contribution in [-0.2, 0) is 4.79 Å². The first kappa shape index (κ1) is 23.0. The van der Waals surface area contributed by atoms with Crippen molar-refractivity contribution in [1.29, 1.82) is 0 Å². The van der Waals surface area contributed by atoms with Crippen LogP contribution in [-0.4, -0.2) is 16.8 Å². The molecule has 0 spiro atoms. The first-order chi connectivity index (χ1) is 14.3. The molecular weight excluding hydrogens is 433 g/mol. The van der Waals surface area contributed by atoms with Crippen molar-refractivity contribution in [2.24, 2.45) is 11.8 Å². The maximum absolute atomic E-state index is 12.9. The fourth-order valence-electron chi connectivity index (χ4n) is 3.26. The summed E-state index contributed by atoms with van der Waals surface area (Å²) in [7, 11) is 0. The molecule has 0 N–H and O–H groups in total. The minimum atomic E-state index is 0.0246. The number of benzene rings is 2. The summed E-state index contributed by atoms with van der Waals surface area (Å²) in [4.78, 5) is 13.9. The minimum absolute atomic E-state index is 0.0246. The standard InChI is InChI=1S/C25H27Cl2NOS/c1-17(2)16-28(30-21-7-5-4-6-8-21)25(29)13-18(3)9-10-19-14-22(19)20-11-12-23(26)24(27)15-20/h4-13,15,17,19,22H,14,16H2,1-3H3. The van der Waals surface area contributed by atoms with Gasteiger partial charge in [0.05, 0.1) is 10.0 Å². The van der Waals surface area contributed by atoms with E-state index in [0.29, 0.717) is 34.3 Å². The molecule has 0 heterocycles. The van der Waals surface area contributed by atoms with Gasteiger partial charge < -0.3 is 0 Å². The highest BCUT2D eigenvalue weighted by molar-refractivity contribution is 7.97. The molecule has 0 aliphatic heterocycles. The lowest BCUT2D eigenvalue weighted by Crippen LogP contribution is -2.26. The van der Waals surface area contributed by atoms with Gasteiger partial charge in [-0.1, -0.05) is 73.5 Å². The Morgan fingerprint density at radius 1 is 1.17 bits per heavy atom. The number of rotatable bonds is 8. The van der Waals surface area contributed by atoms with Crippen LogP contribution in [0, 0.1) is 11.8 Å². The molecule has 0 saturated heterocycles. The van der Waals surface area contributed by atoms with Gasteiger partial charge in [-0.2, -0.15) is 0 Å². The van der Waals surface area contributed by atoms with Crippen LogP contribution in [0.25, 0.3) is 0 Å². The second-order valence-electron chi connectivity index (χ2n) is 8.12. The monoisotopic (exact) mass is 459 g/mol. The van der Waals surface area contributed by atoms with Crippen LogP contribution in [0.1, 0.15) is 38.7 Å². The molecule has 2 nitrogen and oxygen atoms in total. The number of carbonyl (C=O) groups is 1. The summed E-state index contributed by atoms with van der Waals surface area (Å²) in [6.07, 6.45) is 7.08. The van der Waals surface area contributed by atoms with Crippen molar-refractivity contribution >= 4 is 41.1 Å². The van der Waals surface area contributed by atoms with Gasteiger partial charge in [-0.25, -0.2) is 0 Å². The van der Waals surface area contributed by atoms with E-state index in [-0.39, 0.29) is 5.91 Å². The second-order valence-corrected chi connectivity index (χ2v) is 10.0. The highest BCUT2D eigenvalue weighted by atomic mass is 35.5. The van der Waals surface area contributed by atoms with Crippen molar-refractivity contribution in [3.8, 4) is 0 Å². The third kappa shape index (κ3) is 6.66. The topological polar surface area (TPSA) is 20.3 Å². The molecule has 1 aliphatic carbocycles. The van der Waals surface area contributed by atoms with Crippen molar-refractivity contribution in [1.82, 2.24) is 4.31 Å². The molecule has 1 saturated carbocycles. The van der Waals surface area contributed by atoms with Crippen LogP contribution in [0.2, 0.25) is 10.0 Å². The maximum Gasteiger partial charge on any atom is 0.256 e. The predicted molar refractivity (Wildman–Crippen MR) is 129 cm³/mol. The molecule has 158 valence electrons. The van der Waals surface area contributed by atoms with Crippen LogP contribution < -0.4 is 0 Å². The zero-order valence-corrected chi connectivity index (χ0v) is 19.8. The third-order valence-corrected chi connectivity index (χ3v) is 6.68. The van der Waals surface area contributed by atoms with E-state index in [4.69, 9.17) is 23.2 Å². The molecule has 0 bridgehead atoms. The van der Waals surface area contributed by atoms with Gasteiger partial charge in [0.15, 0.2) is 0 Å². The Balaban J connectivity index is 1.61. The molecule has 30 heavy (non-hydrogen) atoms. The van der Waals surface area contributed by atoms with Gasteiger partial charge in [0.25, 0.3) is 5.91 Å².